The molecule has 1 aliphatic rings. The average Bonchev–Trinajstić information content (AvgIpc) is 2.91. The van der Waals surface area contributed by atoms with Gasteiger partial charge in [-0.25, -0.2) is 0 Å². The Hall–Kier alpha value is -1.88. The predicted molar refractivity (Wildman–Crippen MR) is 81.2 cm³/mol. The summed E-state index contributed by atoms with van der Waals surface area (Å²) in [7, 11) is 0. The first-order chi connectivity index (χ1) is 9.87. The van der Waals surface area contributed by atoms with E-state index in [2.05, 4.69) is 10.6 Å². The number of carbonyl (C=O) groups is 2. The first-order valence-electron chi connectivity index (χ1n) is 7.17. The number of para-hydroxylation sites is 1. The zero-order valence-electron chi connectivity index (χ0n) is 12.7. The van der Waals surface area contributed by atoms with E-state index < -0.39 is 0 Å². The van der Waals surface area contributed by atoms with Gasteiger partial charge in [-0.3, -0.25) is 9.59 Å². The minimum absolute atomic E-state index is 0.0940. The van der Waals surface area contributed by atoms with Crippen molar-refractivity contribution in [3.63, 3.8) is 0 Å². The van der Waals surface area contributed by atoms with Crippen LogP contribution in [0.2, 0.25) is 0 Å². The monoisotopic (exact) mass is 290 g/mol. The van der Waals surface area contributed by atoms with Gasteiger partial charge in [-0.2, -0.15) is 0 Å². The molecule has 0 spiro atoms. The number of hydrogen-bond acceptors (Lipinski definition) is 3. The first kappa shape index (κ1) is 15.5. The second kappa shape index (κ2) is 6.26. The number of rotatable bonds is 3. The van der Waals surface area contributed by atoms with E-state index in [4.69, 9.17) is 4.74 Å². The molecule has 0 radical (unpaired) electrons. The van der Waals surface area contributed by atoms with Crippen molar-refractivity contribution in [2.45, 2.75) is 32.7 Å². The first-order valence-corrected chi connectivity index (χ1v) is 7.17. The maximum atomic E-state index is 12.3. The third-order valence-electron chi connectivity index (χ3n) is 3.22. The van der Waals surface area contributed by atoms with Crippen LogP contribution in [0.25, 0.3) is 0 Å². The highest BCUT2D eigenvalue weighted by molar-refractivity contribution is 6.04. The van der Waals surface area contributed by atoms with Crippen LogP contribution in [0, 0.1) is 5.92 Å². The number of ether oxygens (including phenoxy) is 1. The highest BCUT2D eigenvalue weighted by atomic mass is 16.5. The second-order valence-electron chi connectivity index (χ2n) is 6.30. The van der Waals surface area contributed by atoms with E-state index in [0.717, 1.165) is 6.42 Å². The quantitative estimate of drug-likeness (QED) is 0.896. The van der Waals surface area contributed by atoms with Gasteiger partial charge in [0.15, 0.2) is 0 Å². The Bertz CT molecular complexity index is 529. The van der Waals surface area contributed by atoms with Crippen LogP contribution in [-0.2, 0) is 9.53 Å². The maximum Gasteiger partial charge on any atom is 0.253 e. The topological polar surface area (TPSA) is 67.4 Å². The molecule has 0 saturated carbocycles. The Morgan fingerprint density at radius 3 is 2.57 bits per heavy atom. The zero-order valence-corrected chi connectivity index (χ0v) is 12.7. The summed E-state index contributed by atoms with van der Waals surface area (Å²) in [5.41, 5.74) is 0.684. The van der Waals surface area contributed by atoms with E-state index in [-0.39, 0.29) is 23.3 Å². The molecule has 5 nitrogen and oxygen atoms in total. The van der Waals surface area contributed by atoms with Gasteiger partial charge < -0.3 is 15.4 Å². The van der Waals surface area contributed by atoms with Crippen molar-refractivity contribution >= 4 is 17.5 Å². The summed E-state index contributed by atoms with van der Waals surface area (Å²) in [6.45, 7) is 6.82. The van der Waals surface area contributed by atoms with Crippen molar-refractivity contribution in [1.29, 1.82) is 0 Å². The fourth-order valence-electron chi connectivity index (χ4n) is 2.17. The normalized spacial score (nSPS) is 18.3. The summed E-state index contributed by atoms with van der Waals surface area (Å²) in [6, 6.07) is 7.04. The molecule has 1 aliphatic heterocycles. The van der Waals surface area contributed by atoms with Crippen LogP contribution in [0.5, 0.6) is 0 Å². The van der Waals surface area contributed by atoms with Gasteiger partial charge >= 0.3 is 0 Å². The molecular weight excluding hydrogens is 268 g/mol. The molecule has 1 atom stereocenters. The largest absolute Gasteiger partial charge is 0.381 e. The molecule has 1 aromatic rings. The van der Waals surface area contributed by atoms with Gasteiger partial charge in [0.05, 0.1) is 23.8 Å². The van der Waals surface area contributed by atoms with Crippen LogP contribution in [0.15, 0.2) is 24.3 Å². The Balaban J connectivity index is 2.13. The van der Waals surface area contributed by atoms with Gasteiger partial charge in [-0.15, -0.1) is 0 Å². The number of nitrogens with one attached hydrogen (secondary N) is 2. The molecular formula is C16H22N2O3. The number of benzene rings is 1. The third kappa shape index (κ3) is 4.29. The lowest BCUT2D eigenvalue weighted by Crippen LogP contribution is -2.41. The molecule has 2 rings (SSSR count). The van der Waals surface area contributed by atoms with E-state index in [9.17, 15) is 9.59 Å². The van der Waals surface area contributed by atoms with Crippen molar-refractivity contribution in [3.8, 4) is 0 Å². The average molecular weight is 290 g/mol. The lowest BCUT2D eigenvalue weighted by Gasteiger charge is -2.21. The van der Waals surface area contributed by atoms with Crippen LogP contribution >= 0.6 is 0 Å². The molecule has 2 N–H and O–H groups in total. The Kier molecular flexibility index (Phi) is 4.63. The number of hydrogen-bond donors (Lipinski definition) is 2. The minimum Gasteiger partial charge on any atom is -0.381 e. The molecule has 1 heterocycles. The Labute approximate surface area is 125 Å². The molecule has 1 aromatic carbocycles. The van der Waals surface area contributed by atoms with Crippen LogP contribution in [0.3, 0.4) is 0 Å². The van der Waals surface area contributed by atoms with Crippen molar-refractivity contribution in [2.75, 3.05) is 18.5 Å². The van der Waals surface area contributed by atoms with Gasteiger partial charge in [0.25, 0.3) is 5.91 Å². The van der Waals surface area contributed by atoms with Gasteiger partial charge in [-0.1, -0.05) is 12.1 Å². The highest BCUT2D eigenvalue weighted by Crippen LogP contribution is 2.19. The minimum atomic E-state index is -0.326. The van der Waals surface area contributed by atoms with Crippen molar-refractivity contribution in [2.24, 2.45) is 5.92 Å². The number of amides is 2. The van der Waals surface area contributed by atoms with Gasteiger partial charge in [-0.05, 0) is 39.3 Å². The maximum absolute atomic E-state index is 12.3. The zero-order chi connectivity index (χ0) is 15.5. The molecule has 2 amide bonds. The lowest BCUT2D eigenvalue weighted by molar-refractivity contribution is -0.119. The molecule has 5 heteroatoms. The standard InChI is InChI=1S/C16H22N2O3/c1-16(2,3)18-15(20)12-6-4-5-7-13(12)17-14(19)11-8-9-21-10-11/h4-7,11H,8-10H2,1-3H3,(H,17,19)(H,18,20). The molecule has 1 fully saturated rings. The molecule has 0 aliphatic carbocycles. The Morgan fingerprint density at radius 2 is 1.95 bits per heavy atom. The summed E-state index contributed by atoms with van der Waals surface area (Å²) < 4.78 is 5.22. The molecule has 0 aromatic heterocycles. The summed E-state index contributed by atoms with van der Waals surface area (Å²) in [5, 5.41) is 5.74. The van der Waals surface area contributed by atoms with E-state index in [1.54, 1.807) is 24.3 Å². The van der Waals surface area contributed by atoms with Crippen molar-refractivity contribution in [3.05, 3.63) is 29.8 Å². The SMILES string of the molecule is CC(C)(C)NC(=O)c1ccccc1NC(=O)C1CCOC1. The van der Waals surface area contributed by atoms with E-state index in [1.807, 2.05) is 20.8 Å². The van der Waals surface area contributed by atoms with E-state index in [0.29, 0.717) is 24.5 Å². The smallest absolute Gasteiger partial charge is 0.253 e. The lowest BCUT2D eigenvalue weighted by atomic mass is 10.1. The highest BCUT2D eigenvalue weighted by Gasteiger charge is 2.25. The summed E-state index contributed by atoms with van der Waals surface area (Å²) in [5.74, 6) is -0.423. The molecule has 1 saturated heterocycles. The van der Waals surface area contributed by atoms with Gasteiger partial charge in [0.2, 0.25) is 5.91 Å². The van der Waals surface area contributed by atoms with Crippen molar-refractivity contribution < 1.29 is 14.3 Å². The second-order valence-corrected chi connectivity index (χ2v) is 6.30. The fraction of sp³-hybridized carbons (Fsp3) is 0.500. The number of carbonyl (C=O) groups excluding carboxylic acids is 2. The molecule has 0 bridgehead atoms. The van der Waals surface area contributed by atoms with E-state index >= 15 is 0 Å². The van der Waals surface area contributed by atoms with Crippen LogP contribution in [-0.4, -0.2) is 30.6 Å². The molecule has 114 valence electrons. The fourth-order valence-corrected chi connectivity index (χ4v) is 2.17. The predicted octanol–water partition coefficient (Wildman–Crippen LogP) is 2.19. The van der Waals surface area contributed by atoms with Crippen LogP contribution in [0.4, 0.5) is 5.69 Å². The van der Waals surface area contributed by atoms with E-state index in [1.165, 1.54) is 0 Å². The van der Waals surface area contributed by atoms with Gasteiger partial charge in [0.1, 0.15) is 0 Å². The summed E-state index contributed by atoms with van der Waals surface area (Å²) >= 11 is 0. The molecule has 21 heavy (non-hydrogen) atoms. The summed E-state index contributed by atoms with van der Waals surface area (Å²) in [6.07, 6.45) is 0.724. The van der Waals surface area contributed by atoms with Crippen LogP contribution < -0.4 is 10.6 Å². The Morgan fingerprint density at radius 1 is 1.24 bits per heavy atom. The van der Waals surface area contributed by atoms with Crippen molar-refractivity contribution in [1.82, 2.24) is 5.32 Å². The summed E-state index contributed by atoms with van der Waals surface area (Å²) in [4.78, 5) is 24.4. The number of anilines is 1. The van der Waals surface area contributed by atoms with Gasteiger partial charge in [0, 0.05) is 12.1 Å². The third-order valence-corrected chi connectivity index (χ3v) is 3.22. The molecule has 1 unspecified atom stereocenters. The van der Waals surface area contributed by atoms with Crippen LogP contribution in [0.1, 0.15) is 37.6 Å².